The van der Waals surface area contributed by atoms with Crippen molar-refractivity contribution in [2.45, 2.75) is 18.6 Å². The van der Waals surface area contributed by atoms with Crippen molar-refractivity contribution in [1.29, 1.82) is 0 Å². The molecule has 0 aliphatic rings. The normalized spacial score (nSPS) is 11.2. The summed E-state index contributed by atoms with van der Waals surface area (Å²) in [5.74, 6) is 0.605. The maximum Gasteiger partial charge on any atom is 0.332 e. The van der Waals surface area contributed by atoms with Gasteiger partial charge in [0.05, 0.1) is 12.3 Å². The molecule has 0 unspecified atom stereocenters. The van der Waals surface area contributed by atoms with Gasteiger partial charge in [-0.1, -0.05) is 40.7 Å². The molecule has 0 bridgehead atoms. The lowest BCUT2D eigenvalue weighted by molar-refractivity contribution is -0.113. The van der Waals surface area contributed by atoms with E-state index >= 15 is 0 Å². The Morgan fingerprint density at radius 1 is 1.19 bits per heavy atom. The number of nitrogens with zero attached hydrogens (tertiary/aromatic N) is 5. The average Bonchev–Trinajstić information content (AvgIpc) is 3.34. The fraction of sp³-hybridized carbons (Fsp3) is 0.250. The molecule has 0 aliphatic heterocycles. The Labute approximate surface area is 190 Å². The van der Waals surface area contributed by atoms with E-state index in [1.807, 2.05) is 12.1 Å². The van der Waals surface area contributed by atoms with Crippen LogP contribution < -0.4 is 16.6 Å². The maximum atomic E-state index is 12.9. The highest BCUT2D eigenvalue weighted by Crippen LogP contribution is 2.24. The first kappa shape index (κ1) is 21.9. The van der Waals surface area contributed by atoms with Crippen LogP contribution in [0.25, 0.3) is 11.2 Å². The van der Waals surface area contributed by atoms with Crippen LogP contribution >= 0.6 is 23.4 Å². The predicted octanol–water partition coefficient (Wildman–Crippen LogP) is 2.16. The number of aromatic nitrogens is 5. The van der Waals surface area contributed by atoms with Gasteiger partial charge in [0, 0.05) is 25.2 Å². The quantitative estimate of drug-likeness (QED) is 0.425. The standard InChI is InChI=1S/C20H19ClN6O4S/c1-11-8-14(24-31-11)22-15(28)10-32-19-23-17-16(18(29)26(3)20(30)25(17)2)27(19)9-12-4-6-13(21)7-5-12/h4-8H,9-10H2,1-3H3,(H,22,24,28). The molecule has 0 saturated carbocycles. The molecule has 0 atom stereocenters. The summed E-state index contributed by atoms with van der Waals surface area (Å²) in [4.78, 5) is 42.2. The minimum absolute atomic E-state index is 0.0180. The lowest BCUT2D eigenvalue weighted by atomic mass is 10.2. The Hall–Kier alpha value is -3.31. The monoisotopic (exact) mass is 474 g/mol. The zero-order valence-electron chi connectivity index (χ0n) is 17.5. The van der Waals surface area contributed by atoms with E-state index in [1.54, 1.807) is 36.7 Å². The van der Waals surface area contributed by atoms with E-state index in [1.165, 1.54) is 11.6 Å². The van der Waals surface area contributed by atoms with Crippen molar-refractivity contribution < 1.29 is 9.32 Å². The number of carbonyl (C=O) groups is 1. The van der Waals surface area contributed by atoms with Gasteiger partial charge >= 0.3 is 5.69 Å². The average molecular weight is 475 g/mol. The third-order valence-corrected chi connectivity index (χ3v) is 6.02. The Balaban J connectivity index is 1.71. The van der Waals surface area contributed by atoms with Gasteiger partial charge in [0.25, 0.3) is 5.56 Å². The second-order valence-corrected chi connectivity index (χ2v) is 8.52. The number of imidazole rings is 1. The number of nitrogens with one attached hydrogen (secondary N) is 1. The number of hydrogen-bond donors (Lipinski definition) is 1. The summed E-state index contributed by atoms with van der Waals surface area (Å²) in [6.45, 7) is 2.04. The number of halogens is 1. The molecule has 3 aromatic heterocycles. The van der Waals surface area contributed by atoms with Gasteiger partial charge in [-0.05, 0) is 24.6 Å². The van der Waals surface area contributed by atoms with E-state index in [2.05, 4.69) is 15.5 Å². The minimum Gasteiger partial charge on any atom is -0.360 e. The predicted molar refractivity (Wildman–Crippen MR) is 121 cm³/mol. The van der Waals surface area contributed by atoms with E-state index in [9.17, 15) is 14.4 Å². The van der Waals surface area contributed by atoms with E-state index in [4.69, 9.17) is 16.1 Å². The molecule has 4 rings (SSSR count). The molecule has 1 aromatic carbocycles. The number of hydrogen-bond acceptors (Lipinski definition) is 7. The molecule has 32 heavy (non-hydrogen) atoms. The number of rotatable bonds is 6. The van der Waals surface area contributed by atoms with Crippen molar-refractivity contribution in [3.05, 3.63) is 67.5 Å². The Bertz CT molecular complexity index is 1430. The largest absolute Gasteiger partial charge is 0.360 e. The van der Waals surface area contributed by atoms with Gasteiger partial charge in [0.15, 0.2) is 22.1 Å². The number of thioether (sulfide) groups is 1. The Kier molecular flexibility index (Phi) is 5.94. The highest BCUT2D eigenvalue weighted by molar-refractivity contribution is 7.99. The Morgan fingerprint density at radius 2 is 1.91 bits per heavy atom. The number of benzene rings is 1. The molecule has 0 fully saturated rings. The van der Waals surface area contributed by atoms with Gasteiger partial charge in [-0.15, -0.1) is 0 Å². The molecule has 0 aliphatic carbocycles. The zero-order chi connectivity index (χ0) is 23.0. The first-order valence-corrected chi connectivity index (χ1v) is 10.9. The molecule has 1 amide bonds. The zero-order valence-corrected chi connectivity index (χ0v) is 19.0. The van der Waals surface area contributed by atoms with Crippen LogP contribution in [0, 0.1) is 6.92 Å². The van der Waals surface area contributed by atoms with Crippen LogP contribution in [0.5, 0.6) is 0 Å². The second-order valence-electron chi connectivity index (χ2n) is 7.14. The van der Waals surface area contributed by atoms with Crippen LogP contribution in [0.1, 0.15) is 11.3 Å². The van der Waals surface area contributed by atoms with Crippen molar-refractivity contribution in [2.75, 3.05) is 11.1 Å². The first-order chi connectivity index (χ1) is 15.2. The van der Waals surface area contributed by atoms with Gasteiger partial charge in [-0.25, -0.2) is 9.78 Å². The number of fused-ring (bicyclic) bond motifs is 1. The van der Waals surface area contributed by atoms with E-state index in [0.29, 0.717) is 28.3 Å². The fourth-order valence-corrected chi connectivity index (χ4v) is 4.11. The molecular weight excluding hydrogens is 456 g/mol. The summed E-state index contributed by atoms with van der Waals surface area (Å²) in [6.07, 6.45) is 0. The van der Waals surface area contributed by atoms with Gasteiger partial charge in [0.1, 0.15) is 5.76 Å². The lowest BCUT2D eigenvalue weighted by Crippen LogP contribution is -2.37. The second kappa shape index (κ2) is 8.67. The summed E-state index contributed by atoms with van der Waals surface area (Å²) >= 11 is 7.14. The van der Waals surface area contributed by atoms with Gasteiger partial charge in [0.2, 0.25) is 5.91 Å². The Morgan fingerprint density at radius 3 is 2.56 bits per heavy atom. The van der Waals surface area contributed by atoms with Gasteiger partial charge in [-0.2, -0.15) is 0 Å². The molecule has 0 saturated heterocycles. The van der Waals surface area contributed by atoms with Crippen LogP contribution in [0.2, 0.25) is 5.02 Å². The smallest absolute Gasteiger partial charge is 0.332 e. The van der Waals surface area contributed by atoms with Crippen LogP contribution in [0.15, 0.2) is 49.6 Å². The van der Waals surface area contributed by atoms with Gasteiger partial charge in [-0.3, -0.25) is 18.7 Å². The maximum absolute atomic E-state index is 12.9. The highest BCUT2D eigenvalue weighted by Gasteiger charge is 2.20. The summed E-state index contributed by atoms with van der Waals surface area (Å²) in [5, 5.41) is 7.41. The molecule has 166 valence electrons. The fourth-order valence-electron chi connectivity index (χ4n) is 3.19. The third-order valence-electron chi connectivity index (χ3n) is 4.79. The van der Waals surface area contributed by atoms with Crippen molar-refractivity contribution in [1.82, 2.24) is 23.8 Å². The number of carbonyl (C=O) groups excluding carboxylic acids is 1. The number of anilines is 1. The molecule has 12 heteroatoms. The lowest BCUT2D eigenvalue weighted by Gasteiger charge is -2.10. The summed E-state index contributed by atoms with van der Waals surface area (Å²) in [5.41, 5.74) is 0.476. The number of aryl methyl sites for hydroxylation is 2. The van der Waals surface area contributed by atoms with Crippen molar-refractivity contribution in [3.8, 4) is 0 Å². The molecule has 0 radical (unpaired) electrons. The SMILES string of the molecule is Cc1cc(NC(=O)CSc2nc3c(c(=O)n(C)c(=O)n3C)n2Cc2ccc(Cl)cc2)no1. The summed E-state index contributed by atoms with van der Waals surface area (Å²) in [6, 6.07) is 8.80. The van der Waals surface area contributed by atoms with Crippen LogP contribution in [0.4, 0.5) is 5.82 Å². The molecular formula is C20H19ClN6O4S. The van der Waals surface area contributed by atoms with E-state index < -0.39 is 11.2 Å². The molecule has 4 aromatic rings. The van der Waals surface area contributed by atoms with Crippen molar-refractivity contribution in [3.63, 3.8) is 0 Å². The topological polar surface area (TPSA) is 117 Å². The number of amides is 1. The van der Waals surface area contributed by atoms with Crippen molar-refractivity contribution in [2.24, 2.45) is 14.1 Å². The van der Waals surface area contributed by atoms with Gasteiger partial charge < -0.3 is 14.4 Å². The summed E-state index contributed by atoms with van der Waals surface area (Å²) in [7, 11) is 2.97. The van der Waals surface area contributed by atoms with E-state index in [-0.39, 0.29) is 22.8 Å². The molecule has 10 nitrogen and oxygen atoms in total. The van der Waals surface area contributed by atoms with Crippen LogP contribution in [0.3, 0.4) is 0 Å². The third kappa shape index (κ3) is 4.21. The molecule has 3 heterocycles. The van der Waals surface area contributed by atoms with Crippen molar-refractivity contribution >= 4 is 46.3 Å². The van der Waals surface area contributed by atoms with Crippen LogP contribution in [-0.2, 0) is 25.4 Å². The summed E-state index contributed by atoms with van der Waals surface area (Å²) < 4.78 is 9.01. The molecule has 0 spiro atoms. The minimum atomic E-state index is -0.477. The molecule has 1 N–H and O–H groups in total. The van der Waals surface area contributed by atoms with E-state index in [0.717, 1.165) is 21.9 Å². The van der Waals surface area contributed by atoms with Crippen LogP contribution in [-0.4, -0.2) is 35.5 Å². The first-order valence-electron chi connectivity index (χ1n) is 9.51. The highest BCUT2D eigenvalue weighted by atomic mass is 35.5.